The van der Waals surface area contributed by atoms with Gasteiger partial charge < -0.3 is 19.5 Å². The third kappa shape index (κ3) is 5.03. The summed E-state index contributed by atoms with van der Waals surface area (Å²) in [5.41, 5.74) is 0.991. The Hall–Kier alpha value is -3.11. The molecule has 2 aromatic carbocycles. The van der Waals surface area contributed by atoms with Crippen molar-refractivity contribution in [2.24, 2.45) is 0 Å². The second-order valence-electron chi connectivity index (χ2n) is 7.53. The first-order valence-electron chi connectivity index (χ1n) is 10.4. The predicted molar refractivity (Wildman–Crippen MR) is 114 cm³/mol. The lowest BCUT2D eigenvalue weighted by atomic mass is 10.2. The van der Waals surface area contributed by atoms with E-state index in [0.717, 1.165) is 24.8 Å². The molecule has 0 unspecified atom stereocenters. The van der Waals surface area contributed by atoms with Crippen LogP contribution in [0.1, 0.15) is 35.2 Å². The molecule has 1 fully saturated rings. The van der Waals surface area contributed by atoms with E-state index in [1.165, 1.54) is 28.6 Å². The number of ether oxygens (including phenoxy) is 3. The molecule has 10 heteroatoms. The van der Waals surface area contributed by atoms with Gasteiger partial charge in [0.1, 0.15) is 0 Å². The van der Waals surface area contributed by atoms with Crippen LogP contribution in [0, 0.1) is 0 Å². The molecule has 2 aliphatic rings. The maximum Gasteiger partial charge on any atom is 0.338 e. The zero-order valence-electron chi connectivity index (χ0n) is 17.4. The Kier molecular flexibility index (Phi) is 6.61. The molecule has 1 N–H and O–H groups in total. The molecule has 4 rings (SSSR count). The molecule has 2 aliphatic heterocycles. The number of piperidine rings is 1. The Balaban J connectivity index is 1.27. The molecule has 2 heterocycles. The number of benzene rings is 2. The molecular weight excluding hydrogens is 436 g/mol. The zero-order chi connectivity index (χ0) is 22.6. The van der Waals surface area contributed by atoms with E-state index in [4.69, 9.17) is 14.2 Å². The van der Waals surface area contributed by atoms with Crippen molar-refractivity contribution in [3.05, 3.63) is 53.6 Å². The van der Waals surface area contributed by atoms with Crippen LogP contribution in [0.3, 0.4) is 0 Å². The molecule has 2 aromatic rings. The largest absolute Gasteiger partial charge is 0.454 e. The number of fused-ring (bicyclic) bond motifs is 1. The van der Waals surface area contributed by atoms with Gasteiger partial charge in [-0.05, 0) is 54.8 Å². The molecule has 0 radical (unpaired) electrons. The van der Waals surface area contributed by atoms with Gasteiger partial charge in [-0.3, -0.25) is 4.79 Å². The van der Waals surface area contributed by atoms with Gasteiger partial charge in [-0.15, -0.1) is 0 Å². The Labute approximate surface area is 186 Å². The summed E-state index contributed by atoms with van der Waals surface area (Å²) >= 11 is 0. The van der Waals surface area contributed by atoms with Crippen LogP contribution < -0.4 is 14.8 Å². The van der Waals surface area contributed by atoms with E-state index >= 15 is 0 Å². The molecule has 32 heavy (non-hydrogen) atoms. The Bertz CT molecular complexity index is 1090. The maximum atomic E-state index is 12.7. The number of amides is 1. The number of rotatable bonds is 7. The highest BCUT2D eigenvalue weighted by molar-refractivity contribution is 7.89. The Morgan fingerprint density at radius 2 is 1.69 bits per heavy atom. The van der Waals surface area contributed by atoms with Gasteiger partial charge in [-0.1, -0.05) is 12.5 Å². The van der Waals surface area contributed by atoms with Crippen molar-refractivity contribution in [1.29, 1.82) is 0 Å². The highest BCUT2D eigenvalue weighted by atomic mass is 32.2. The van der Waals surface area contributed by atoms with Gasteiger partial charge in [0.2, 0.25) is 16.8 Å². The van der Waals surface area contributed by atoms with Crippen LogP contribution in [0.4, 0.5) is 0 Å². The van der Waals surface area contributed by atoms with Crippen LogP contribution in [0.5, 0.6) is 11.5 Å². The van der Waals surface area contributed by atoms with E-state index < -0.39 is 28.5 Å². The van der Waals surface area contributed by atoms with Crippen LogP contribution in [0.2, 0.25) is 0 Å². The first-order valence-corrected chi connectivity index (χ1v) is 11.8. The number of esters is 1. The van der Waals surface area contributed by atoms with Gasteiger partial charge in [0.25, 0.3) is 5.91 Å². The standard InChI is InChI=1S/C22H24N2O7S/c25-21(23-13-16-4-9-19-20(12-16)31-15-30-19)14-29-22(26)17-5-7-18(8-6-17)32(27,28)24-10-2-1-3-11-24/h4-9,12H,1-3,10-11,13-15H2,(H,23,25). The predicted octanol–water partition coefficient (Wildman–Crippen LogP) is 2.06. The number of hydrogen-bond donors (Lipinski definition) is 1. The number of nitrogens with one attached hydrogen (secondary N) is 1. The van der Waals surface area contributed by atoms with Gasteiger partial charge in [-0.2, -0.15) is 4.31 Å². The minimum absolute atomic E-state index is 0.136. The van der Waals surface area contributed by atoms with Crippen LogP contribution in [-0.2, 0) is 26.1 Å². The minimum Gasteiger partial charge on any atom is -0.454 e. The number of nitrogens with zero attached hydrogens (tertiary/aromatic N) is 1. The summed E-state index contributed by atoms with van der Waals surface area (Å²) in [6.07, 6.45) is 2.72. The van der Waals surface area contributed by atoms with E-state index in [1.54, 1.807) is 18.2 Å². The number of sulfonamides is 1. The van der Waals surface area contributed by atoms with Gasteiger partial charge >= 0.3 is 5.97 Å². The average Bonchev–Trinajstić information content (AvgIpc) is 3.30. The van der Waals surface area contributed by atoms with Crippen molar-refractivity contribution in [3.63, 3.8) is 0 Å². The van der Waals surface area contributed by atoms with Gasteiger partial charge in [0, 0.05) is 19.6 Å². The van der Waals surface area contributed by atoms with E-state index in [1.807, 2.05) is 0 Å². The van der Waals surface area contributed by atoms with Crippen LogP contribution in [0.15, 0.2) is 47.4 Å². The summed E-state index contributed by atoms with van der Waals surface area (Å²) in [5, 5.41) is 2.66. The van der Waals surface area contributed by atoms with Crippen molar-refractivity contribution in [3.8, 4) is 11.5 Å². The summed E-state index contributed by atoms with van der Waals surface area (Å²) < 4.78 is 42.4. The third-order valence-corrected chi connectivity index (χ3v) is 7.22. The average molecular weight is 461 g/mol. The van der Waals surface area contributed by atoms with E-state index in [2.05, 4.69) is 5.32 Å². The van der Waals surface area contributed by atoms with Crippen LogP contribution in [-0.4, -0.2) is 51.1 Å². The molecule has 0 atom stereocenters. The second kappa shape index (κ2) is 9.58. The molecule has 0 aliphatic carbocycles. The highest BCUT2D eigenvalue weighted by Crippen LogP contribution is 2.32. The van der Waals surface area contributed by atoms with Gasteiger partial charge in [-0.25, -0.2) is 13.2 Å². The highest BCUT2D eigenvalue weighted by Gasteiger charge is 2.26. The van der Waals surface area contributed by atoms with Gasteiger partial charge in [0.15, 0.2) is 18.1 Å². The van der Waals surface area contributed by atoms with Crippen LogP contribution in [0.25, 0.3) is 0 Å². The number of hydrogen-bond acceptors (Lipinski definition) is 7. The minimum atomic E-state index is -3.57. The fourth-order valence-electron chi connectivity index (χ4n) is 3.53. The normalized spacial score (nSPS) is 15.9. The Morgan fingerprint density at radius 1 is 0.969 bits per heavy atom. The molecule has 9 nitrogen and oxygen atoms in total. The topological polar surface area (TPSA) is 111 Å². The van der Waals surface area contributed by atoms with Crippen molar-refractivity contribution in [2.45, 2.75) is 30.7 Å². The molecule has 0 bridgehead atoms. The molecule has 170 valence electrons. The lowest BCUT2D eigenvalue weighted by Crippen LogP contribution is -2.35. The molecule has 0 spiro atoms. The van der Waals surface area contributed by atoms with Crippen LogP contribution >= 0.6 is 0 Å². The summed E-state index contributed by atoms with van der Waals surface area (Å²) in [7, 11) is -3.57. The zero-order valence-corrected chi connectivity index (χ0v) is 18.2. The first kappa shape index (κ1) is 22.1. The fraction of sp³-hybridized carbons (Fsp3) is 0.364. The lowest BCUT2D eigenvalue weighted by Gasteiger charge is -2.25. The summed E-state index contributed by atoms with van der Waals surface area (Å²) in [6.45, 7) is 0.987. The summed E-state index contributed by atoms with van der Waals surface area (Å²) in [5.74, 6) is 0.114. The maximum absolute atomic E-state index is 12.7. The fourth-order valence-corrected chi connectivity index (χ4v) is 5.05. The molecular formula is C22H24N2O7S. The van der Waals surface area contributed by atoms with E-state index in [0.29, 0.717) is 24.6 Å². The molecule has 0 aromatic heterocycles. The van der Waals surface area contributed by atoms with E-state index in [-0.39, 0.29) is 23.8 Å². The monoisotopic (exact) mass is 460 g/mol. The quantitative estimate of drug-likeness (QED) is 0.630. The van der Waals surface area contributed by atoms with E-state index in [9.17, 15) is 18.0 Å². The molecule has 1 amide bonds. The second-order valence-corrected chi connectivity index (χ2v) is 9.47. The number of carbonyl (C=O) groups is 2. The molecule has 0 saturated carbocycles. The SMILES string of the molecule is O=C(COC(=O)c1ccc(S(=O)(=O)N2CCCCC2)cc1)NCc1ccc2c(c1)OCO2. The van der Waals surface area contributed by atoms with Crippen molar-refractivity contribution in [2.75, 3.05) is 26.5 Å². The lowest BCUT2D eigenvalue weighted by molar-refractivity contribution is -0.124. The summed E-state index contributed by atoms with van der Waals surface area (Å²) in [6, 6.07) is 10.9. The summed E-state index contributed by atoms with van der Waals surface area (Å²) in [4.78, 5) is 24.4. The third-order valence-electron chi connectivity index (χ3n) is 5.30. The smallest absolute Gasteiger partial charge is 0.338 e. The first-order chi connectivity index (χ1) is 15.4. The van der Waals surface area contributed by atoms with Gasteiger partial charge in [0.05, 0.1) is 10.5 Å². The van der Waals surface area contributed by atoms with Crippen molar-refractivity contribution < 1.29 is 32.2 Å². The Morgan fingerprint density at radius 3 is 2.44 bits per heavy atom. The number of carbonyl (C=O) groups excluding carboxylic acids is 2. The van der Waals surface area contributed by atoms with Crippen molar-refractivity contribution >= 4 is 21.9 Å². The van der Waals surface area contributed by atoms with Crippen molar-refractivity contribution in [1.82, 2.24) is 9.62 Å². The molecule has 1 saturated heterocycles.